The SMILES string of the molecule is CCN(Cc1cccc(OC)c1OC)C(=O)NCCN(C)C. The monoisotopic (exact) mass is 309 g/mol. The molecule has 0 aliphatic rings. The average Bonchev–Trinajstić information content (AvgIpc) is 2.51. The van der Waals surface area contributed by atoms with Crippen LogP contribution in [0.1, 0.15) is 12.5 Å². The van der Waals surface area contributed by atoms with Crippen LogP contribution < -0.4 is 14.8 Å². The first kappa shape index (κ1) is 18.1. The van der Waals surface area contributed by atoms with Crippen molar-refractivity contribution in [2.75, 3.05) is 47.9 Å². The summed E-state index contributed by atoms with van der Waals surface area (Å²) in [5.74, 6) is 1.34. The van der Waals surface area contributed by atoms with E-state index in [1.165, 1.54) is 0 Å². The number of hydrogen-bond donors (Lipinski definition) is 1. The van der Waals surface area contributed by atoms with E-state index in [4.69, 9.17) is 9.47 Å². The fraction of sp³-hybridized carbons (Fsp3) is 0.562. The fourth-order valence-corrected chi connectivity index (χ4v) is 2.11. The van der Waals surface area contributed by atoms with E-state index in [0.29, 0.717) is 31.1 Å². The van der Waals surface area contributed by atoms with Crippen molar-refractivity contribution < 1.29 is 14.3 Å². The average molecular weight is 309 g/mol. The van der Waals surface area contributed by atoms with Crippen LogP contribution in [0.5, 0.6) is 11.5 Å². The predicted octanol–water partition coefficient (Wildman–Crippen LogP) is 1.80. The Morgan fingerprint density at radius 3 is 2.50 bits per heavy atom. The van der Waals surface area contributed by atoms with E-state index in [9.17, 15) is 4.79 Å². The zero-order chi connectivity index (χ0) is 16.5. The Labute approximate surface area is 133 Å². The molecule has 6 nitrogen and oxygen atoms in total. The summed E-state index contributed by atoms with van der Waals surface area (Å²) in [5, 5.41) is 2.92. The molecule has 1 rings (SSSR count). The number of amides is 2. The highest BCUT2D eigenvalue weighted by atomic mass is 16.5. The predicted molar refractivity (Wildman–Crippen MR) is 87.6 cm³/mol. The zero-order valence-electron chi connectivity index (χ0n) is 14.2. The van der Waals surface area contributed by atoms with Crippen molar-refractivity contribution in [3.05, 3.63) is 23.8 Å². The first-order valence-electron chi connectivity index (χ1n) is 7.40. The number of hydrogen-bond acceptors (Lipinski definition) is 4. The van der Waals surface area contributed by atoms with Crippen LogP contribution in [0.2, 0.25) is 0 Å². The topological polar surface area (TPSA) is 54.0 Å². The number of ether oxygens (including phenoxy) is 2. The Balaban J connectivity index is 2.75. The summed E-state index contributed by atoms with van der Waals surface area (Å²) in [4.78, 5) is 16.0. The quantitative estimate of drug-likeness (QED) is 0.795. The van der Waals surface area contributed by atoms with Gasteiger partial charge in [-0.3, -0.25) is 0 Å². The molecule has 1 aromatic rings. The van der Waals surface area contributed by atoms with Crippen molar-refractivity contribution in [2.45, 2.75) is 13.5 Å². The van der Waals surface area contributed by atoms with Gasteiger partial charge >= 0.3 is 6.03 Å². The summed E-state index contributed by atoms with van der Waals surface area (Å²) < 4.78 is 10.7. The van der Waals surface area contributed by atoms with E-state index in [0.717, 1.165) is 12.1 Å². The number of carbonyl (C=O) groups excluding carboxylic acids is 1. The highest BCUT2D eigenvalue weighted by Gasteiger charge is 2.16. The molecule has 0 radical (unpaired) electrons. The number of carbonyl (C=O) groups is 1. The van der Waals surface area contributed by atoms with E-state index < -0.39 is 0 Å². The lowest BCUT2D eigenvalue weighted by Crippen LogP contribution is -2.41. The highest BCUT2D eigenvalue weighted by Crippen LogP contribution is 2.31. The lowest BCUT2D eigenvalue weighted by Gasteiger charge is -2.23. The molecule has 0 saturated heterocycles. The summed E-state index contributed by atoms with van der Waals surface area (Å²) in [6, 6.07) is 5.61. The number of para-hydroxylation sites is 1. The summed E-state index contributed by atoms with van der Waals surface area (Å²) in [6.07, 6.45) is 0. The maximum absolute atomic E-state index is 12.2. The molecule has 0 aliphatic carbocycles. The second kappa shape index (κ2) is 9.15. The van der Waals surface area contributed by atoms with Gasteiger partial charge in [-0.25, -0.2) is 4.79 Å². The van der Waals surface area contributed by atoms with Gasteiger partial charge in [0, 0.05) is 25.2 Å². The molecule has 6 heteroatoms. The zero-order valence-corrected chi connectivity index (χ0v) is 14.2. The van der Waals surface area contributed by atoms with Gasteiger partial charge in [-0.15, -0.1) is 0 Å². The number of nitrogens with zero attached hydrogens (tertiary/aromatic N) is 2. The van der Waals surface area contributed by atoms with Crippen LogP contribution in [0.25, 0.3) is 0 Å². The van der Waals surface area contributed by atoms with E-state index >= 15 is 0 Å². The Morgan fingerprint density at radius 1 is 1.23 bits per heavy atom. The van der Waals surface area contributed by atoms with Crippen LogP contribution in [0, 0.1) is 0 Å². The Morgan fingerprint density at radius 2 is 1.95 bits per heavy atom. The van der Waals surface area contributed by atoms with Gasteiger partial charge in [0.05, 0.1) is 20.8 Å². The minimum Gasteiger partial charge on any atom is -0.493 e. The minimum absolute atomic E-state index is 0.0748. The standard InChI is InChI=1S/C16H27N3O3/c1-6-19(16(20)17-10-11-18(2)3)12-13-8-7-9-14(21-4)15(13)22-5/h7-9H,6,10-12H2,1-5H3,(H,17,20). The van der Waals surface area contributed by atoms with Crippen LogP contribution in [0.4, 0.5) is 4.79 Å². The summed E-state index contributed by atoms with van der Waals surface area (Å²) in [7, 11) is 7.16. The summed E-state index contributed by atoms with van der Waals surface area (Å²) >= 11 is 0. The van der Waals surface area contributed by atoms with E-state index in [-0.39, 0.29) is 6.03 Å². The van der Waals surface area contributed by atoms with Gasteiger partial charge in [-0.2, -0.15) is 0 Å². The van der Waals surface area contributed by atoms with Gasteiger partial charge in [0.2, 0.25) is 0 Å². The molecule has 22 heavy (non-hydrogen) atoms. The Hall–Kier alpha value is -1.95. The molecule has 0 spiro atoms. The third-order valence-electron chi connectivity index (χ3n) is 3.35. The van der Waals surface area contributed by atoms with Crippen molar-refractivity contribution in [2.24, 2.45) is 0 Å². The largest absolute Gasteiger partial charge is 0.493 e. The molecule has 0 fully saturated rings. The second-order valence-corrected chi connectivity index (χ2v) is 5.20. The maximum Gasteiger partial charge on any atom is 0.317 e. The van der Waals surface area contributed by atoms with Crippen LogP contribution >= 0.6 is 0 Å². The lowest BCUT2D eigenvalue weighted by atomic mass is 10.1. The highest BCUT2D eigenvalue weighted by molar-refractivity contribution is 5.74. The van der Waals surface area contributed by atoms with Crippen LogP contribution in [0.15, 0.2) is 18.2 Å². The molecular weight excluding hydrogens is 282 g/mol. The minimum atomic E-state index is -0.0748. The molecule has 1 aromatic carbocycles. The van der Waals surface area contributed by atoms with Crippen molar-refractivity contribution in [3.63, 3.8) is 0 Å². The van der Waals surface area contributed by atoms with Crippen LogP contribution in [0.3, 0.4) is 0 Å². The summed E-state index contributed by atoms with van der Waals surface area (Å²) in [5.41, 5.74) is 0.923. The molecule has 0 aromatic heterocycles. The van der Waals surface area contributed by atoms with Gasteiger partial charge in [0.1, 0.15) is 0 Å². The van der Waals surface area contributed by atoms with E-state index in [1.54, 1.807) is 19.1 Å². The molecule has 0 unspecified atom stereocenters. The molecule has 1 N–H and O–H groups in total. The molecule has 0 aliphatic heterocycles. The molecule has 0 bridgehead atoms. The van der Waals surface area contributed by atoms with Crippen LogP contribution in [-0.2, 0) is 6.54 Å². The van der Waals surface area contributed by atoms with Gasteiger partial charge < -0.3 is 24.6 Å². The van der Waals surface area contributed by atoms with Gasteiger partial charge in [0.15, 0.2) is 11.5 Å². The molecule has 0 atom stereocenters. The number of rotatable bonds is 8. The first-order chi connectivity index (χ1) is 10.5. The van der Waals surface area contributed by atoms with Crippen molar-refractivity contribution in [3.8, 4) is 11.5 Å². The number of methoxy groups -OCH3 is 2. The summed E-state index contributed by atoms with van der Waals surface area (Å²) in [6.45, 7) is 4.49. The van der Waals surface area contributed by atoms with Crippen molar-refractivity contribution in [1.82, 2.24) is 15.1 Å². The van der Waals surface area contributed by atoms with E-state index in [1.807, 2.05) is 44.1 Å². The molecule has 2 amide bonds. The van der Waals surface area contributed by atoms with Gasteiger partial charge in [0.25, 0.3) is 0 Å². The smallest absolute Gasteiger partial charge is 0.317 e. The normalized spacial score (nSPS) is 10.5. The van der Waals surface area contributed by atoms with Gasteiger partial charge in [-0.1, -0.05) is 12.1 Å². The first-order valence-corrected chi connectivity index (χ1v) is 7.40. The molecule has 124 valence electrons. The third-order valence-corrected chi connectivity index (χ3v) is 3.35. The second-order valence-electron chi connectivity index (χ2n) is 5.20. The van der Waals surface area contributed by atoms with Crippen molar-refractivity contribution in [1.29, 1.82) is 0 Å². The number of benzene rings is 1. The lowest BCUT2D eigenvalue weighted by molar-refractivity contribution is 0.196. The van der Waals surface area contributed by atoms with Crippen molar-refractivity contribution >= 4 is 6.03 Å². The molecular formula is C16H27N3O3. The Kier molecular flexibility index (Phi) is 7.52. The number of likely N-dealkylation sites (N-methyl/N-ethyl adjacent to an activating group) is 1. The third kappa shape index (κ3) is 5.11. The number of urea groups is 1. The number of nitrogens with one attached hydrogen (secondary N) is 1. The van der Waals surface area contributed by atoms with E-state index in [2.05, 4.69) is 5.32 Å². The molecule has 0 saturated carbocycles. The van der Waals surface area contributed by atoms with Crippen LogP contribution in [-0.4, -0.2) is 63.8 Å². The molecule has 0 heterocycles. The maximum atomic E-state index is 12.2. The fourth-order valence-electron chi connectivity index (χ4n) is 2.11. The van der Waals surface area contributed by atoms with Gasteiger partial charge in [-0.05, 0) is 27.1 Å². The Bertz CT molecular complexity index is 478.